The molecule has 26 heavy (non-hydrogen) atoms. The lowest BCUT2D eigenvalue weighted by molar-refractivity contribution is -0.927. The third-order valence-corrected chi connectivity index (χ3v) is 3.60. The van der Waals surface area contributed by atoms with Crippen LogP contribution in [0.5, 0.6) is 5.75 Å². The topological polar surface area (TPSA) is 102 Å². The summed E-state index contributed by atoms with van der Waals surface area (Å²) in [7, 11) is 3.46. The number of ether oxygens (including phenoxy) is 1. The molecule has 8 heteroatoms. The highest BCUT2D eigenvalue weighted by Gasteiger charge is 2.25. The molecule has 0 spiro atoms. The zero-order chi connectivity index (χ0) is 19.2. The number of rotatable bonds is 8. The van der Waals surface area contributed by atoms with E-state index in [2.05, 4.69) is 5.43 Å². The van der Waals surface area contributed by atoms with Crippen LogP contribution < -0.4 is 10.2 Å². The minimum absolute atomic E-state index is 0.0230. The molecule has 8 nitrogen and oxygen atoms in total. The van der Waals surface area contributed by atoms with Gasteiger partial charge in [-0.15, -0.1) is 0 Å². The number of aliphatic hydroxyl groups is 1. The lowest BCUT2D eigenvalue weighted by Crippen LogP contribution is -2.58. The molecule has 138 valence electrons. The van der Waals surface area contributed by atoms with E-state index in [9.17, 15) is 20.0 Å². The monoisotopic (exact) mass is 360 g/mol. The van der Waals surface area contributed by atoms with Gasteiger partial charge in [0.05, 0.1) is 19.0 Å². The molecule has 0 fully saturated rings. The predicted molar refractivity (Wildman–Crippen MR) is 95.5 cm³/mol. The van der Waals surface area contributed by atoms with E-state index in [1.807, 2.05) is 18.2 Å². The quantitative estimate of drug-likeness (QED) is 0.424. The Balaban J connectivity index is 1.88. The second-order valence-corrected chi connectivity index (χ2v) is 6.39. The number of carbonyl (C=O) groups excluding carboxylic acids is 1. The van der Waals surface area contributed by atoms with E-state index < -0.39 is 11.0 Å². The molecule has 1 amide bonds. The third-order valence-electron chi connectivity index (χ3n) is 3.60. The summed E-state index contributed by atoms with van der Waals surface area (Å²) in [4.78, 5) is 22.4. The Morgan fingerprint density at radius 2 is 1.81 bits per heavy atom. The molecule has 0 aliphatic rings. The van der Waals surface area contributed by atoms with E-state index in [-0.39, 0.29) is 29.3 Å². The summed E-state index contributed by atoms with van der Waals surface area (Å²) < 4.78 is 5.53. The van der Waals surface area contributed by atoms with Gasteiger partial charge in [-0.1, -0.05) is 18.2 Å². The Labute approximate surface area is 151 Å². The summed E-state index contributed by atoms with van der Waals surface area (Å²) in [5.74, 6) is 0.271. The molecule has 2 N–H and O–H groups in total. The van der Waals surface area contributed by atoms with Crippen LogP contribution in [0.25, 0.3) is 0 Å². The SMILES string of the molecule is C[N+](C)(CC(O)COc1ccccc1)NC(=O)c1ccc([N+](=O)[O-])cc1. The van der Waals surface area contributed by atoms with Gasteiger partial charge in [-0.2, -0.15) is 5.43 Å². The minimum Gasteiger partial charge on any atom is -0.491 e. The molecule has 1 unspecified atom stereocenters. The van der Waals surface area contributed by atoms with Crippen LogP contribution >= 0.6 is 0 Å². The van der Waals surface area contributed by atoms with E-state index in [4.69, 9.17) is 4.74 Å². The van der Waals surface area contributed by atoms with Crippen LogP contribution in [0.4, 0.5) is 5.69 Å². The van der Waals surface area contributed by atoms with Crippen LogP contribution in [0.1, 0.15) is 10.4 Å². The minimum atomic E-state index is -0.789. The van der Waals surface area contributed by atoms with E-state index in [1.54, 1.807) is 26.2 Å². The second kappa shape index (κ2) is 8.41. The number of hydrogen-bond acceptors (Lipinski definition) is 5. The molecule has 2 aromatic carbocycles. The molecule has 0 saturated carbocycles. The van der Waals surface area contributed by atoms with Crippen molar-refractivity contribution in [3.05, 3.63) is 70.3 Å². The van der Waals surface area contributed by atoms with Crippen LogP contribution in [0, 0.1) is 10.1 Å². The van der Waals surface area contributed by atoms with Gasteiger partial charge in [0.2, 0.25) is 0 Å². The molecule has 2 rings (SSSR count). The van der Waals surface area contributed by atoms with Crippen molar-refractivity contribution >= 4 is 11.6 Å². The second-order valence-electron chi connectivity index (χ2n) is 6.39. The highest BCUT2D eigenvalue weighted by molar-refractivity contribution is 5.93. The molecule has 0 aliphatic heterocycles. The predicted octanol–water partition coefficient (Wildman–Crippen LogP) is 1.76. The summed E-state index contributed by atoms with van der Waals surface area (Å²) in [6, 6.07) is 14.5. The first kappa shape index (κ1) is 19.4. The number of benzene rings is 2. The van der Waals surface area contributed by atoms with Crippen LogP contribution in [-0.2, 0) is 0 Å². The lowest BCUT2D eigenvalue weighted by atomic mass is 10.2. The normalized spacial score (nSPS) is 12.3. The lowest BCUT2D eigenvalue weighted by Gasteiger charge is -2.30. The van der Waals surface area contributed by atoms with Gasteiger partial charge < -0.3 is 9.84 Å². The van der Waals surface area contributed by atoms with Crippen molar-refractivity contribution in [2.45, 2.75) is 6.10 Å². The van der Waals surface area contributed by atoms with Crippen molar-refractivity contribution in [3.8, 4) is 5.75 Å². The van der Waals surface area contributed by atoms with Gasteiger partial charge in [-0.3, -0.25) is 14.9 Å². The first-order valence-electron chi connectivity index (χ1n) is 8.03. The van der Waals surface area contributed by atoms with Crippen LogP contribution in [-0.4, -0.2) is 53.9 Å². The number of hydrogen-bond donors (Lipinski definition) is 2. The molecular weight excluding hydrogens is 338 g/mol. The van der Waals surface area contributed by atoms with Crippen molar-refractivity contribution in [1.82, 2.24) is 5.43 Å². The number of para-hydroxylation sites is 1. The number of likely N-dealkylation sites (N-methyl/N-ethyl adjacent to an activating group) is 1. The molecule has 2 aromatic rings. The van der Waals surface area contributed by atoms with Gasteiger partial charge in [0.25, 0.3) is 11.6 Å². The average Bonchev–Trinajstić information content (AvgIpc) is 2.60. The van der Waals surface area contributed by atoms with Gasteiger partial charge in [0.1, 0.15) is 25.0 Å². The van der Waals surface area contributed by atoms with Crippen LogP contribution in [0.15, 0.2) is 54.6 Å². The highest BCUT2D eigenvalue weighted by atomic mass is 16.6. The summed E-state index contributed by atoms with van der Waals surface area (Å²) in [6.45, 7) is 0.324. The first-order valence-corrected chi connectivity index (χ1v) is 8.03. The number of nitro groups is 1. The standard InChI is InChI=1S/C18H21N3O5/c1-21(2,12-16(22)13-26-17-6-4-3-5-7-17)19-18(23)14-8-10-15(11-9-14)20(24)25/h3-11,16,22H,12-13H2,1-2H3/p+1. The zero-order valence-electron chi connectivity index (χ0n) is 14.7. The van der Waals surface area contributed by atoms with Crippen LogP contribution in [0.3, 0.4) is 0 Å². The fourth-order valence-electron chi connectivity index (χ4n) is 2.41. The molecule has 0 radical (unpaired) electrons. The fourth-order valence-corrected chi connectivity index (χ4v) is 2.41. The first-order chi connectivity index (χ1) is 12.3. The maximum absolute atomic E-state index is 12.3. The van der Waals surface area contributed by atoms with E-state index >= 15 is 0 Å². The van der Waals surface area contributed by atoms with Gasteiger partial charge in [-0.25, -0.2) is 4.59 Å². The molecule has 0 aromatic heterocycles. The number of nitro benzene ring substituents is 1. The Morgan fingerprint density at radius 3 is 2.38 bits per heavy atom. The summed E-state index contributed by atoms with van der Waals surface area (Å²) in [6.07, 6.45) is -0.789. The van der Waals surface area contributed by atoms with Gasteiger partial charge in [0.15, 0.2) is 0 Å². The Hall–Kier alpha value is -2.97. The summed E-state index contributed by atoms with van der Waals surface area (Å²) in [5, 5.41) is 20.8. The van der Waals surface area contributed by atoms with Crippen molar-refractivity contribution in [2.75, 3.05) is 27.2 Å². The largest absolute Gasteiger partial charge is 0.491 e. The number of amides is 1. The Morgan fingerprint density at radius 1 is 1.19 bits per heavy atom. The van der Waals surface area contributed by atoms with Crippen LogP contribution in [0.2, 0.25) is 0 Å². The summed E-state index contributed by atoms with van der Waals surface area (Å²) in [5.41, 5.74) is 2.99. The number of nitrogens with one attached hydrogen (secondary N) is 1. The number of quaternary nitrogens is 1. The average molecular weight is 360 g/mol. The highest BCUT2D eigenvalue weighted by Crippen LogP contribution is 2.13. The van der Waals surface area contributed by atoms with Gasteiger partial charge in [-0.05, 0) is 24.3 Å². The molecule has 0 bridgehead atoms. The Kier molecular flexibility index (Phi) is 6.26. The van der Waals surface area contributed by atoms with Crippen molar-refractivity contribution in [2.24, 2.45) is 0 Å². The number of nitrogens with zero attached hydrogens (tertiary/aromatic N) is 2. The number of aliphatic hydroxyl groups excluding tert-OH is 1. The van der Waals surface area contributed by atoms with Crippen molar-refractivity contribution < 1.29 is 24.2 Å². The van der Waals surface area contributed by atoms with Gasteiger partial charge >= 0.3 is 0 Å². The number of carbonyl (C=O) groups is 1. The molecule has 0 aliphatic carbocycles. The smallest absolute Gasteiger partial charge is 0.295 e. The Bertz CT molecular complexity index is 747. The summed E-state index contributed by atoms with van der Waals surface area (Å²) >= 11 is 0. The van der Waals surface area contributed by atoms with Gasteiger partial charge in [0, 0.05) is 17.7 Å². The fraction of sp³-hybridized carbons (Fsp3) is 0.278. The molecule has 0 saturated heterocycles. The molecule has 0 heterocycles. The van der Waals surface area contributed by atoms with E-state index in [0.29, 0.717) is 11.3 Å². The zero-order valence-corrected chi connectivity index (χ0v) is 14.7. The van der Waals surface area contributed by atoms with E-state index in [1.165, 1.54) is 24.3 Å². The van der Waals surface area contributed by atoms with Crippen molar-refractivity contribution in [3.63, 3.8) is 0 Å². The maximum Gasteiger partial charge on any atom is 0.295 e. The third kappa shape index (κ3) is 5.83. The van der Waals surface area contributed by atoms with E-state index in [0.717, 1.165) is 0 Å². The maximum atomic E-state index is 12.3. The van der Waals surface area contributed by atoms with Crippen molar-refractivity contribution in [1.29, 1.82) is 0 Å². The molecule has 1 atom stereocenters. The number of non-ortho nitro benzene ring substituents is 1. The molecular formula is C18H22N3O5+.